The number of hydrogen-bond acceptors (Lipinski definition) is 5. The molecule has 158 valence electrons. The molecule has 1 heterocycles. The lowest BCUT2D eigenvalue weighted by atomic mass is 10.2. The number of amides is 1. The third-order valence-electron chi connectivity index (χ3n) is 4.21. The van der Waals surface area contributed by atoms with E-state index in [0.717, 1.165) is 11.4 Å². The van der Waals surface area contributed by atoms with Crippen molar-refractivity contribution in [2.75, 3.05) is 11.9 Å². The van der Waals surface area contributed by atoms with Crippen molar-refractivity contribution in [3.8, 4) is 5.69 Å². The van der Waals surface area contributed by atoms with E-state index >= 15 is 0 Å². The number of anilines is 2. The first-order chi connectivity index (χ1) is 15.2. The Morgan fingerprint density at radius 2 is 1.61 bits per heavy atom. The SMILES string of the molecule is CC(CO)NC(=O)c1cccc(-n2cnc(Nc3ccccc3)n2)c1.c1ccccc1. The van der Waals surface area contributed by atoms with Gasteiger partial charge in [-0.25, -0.2) is 4.68 Å². The molecule has 4 aromatic rings. The second-order valence-corrected chi connectivity index (χ2v) is 6.77. The van der Waals surface area contributed by atoms with Gasteiger partial charge in [-0.15, -0.1) is 5.10 Å². The molecule has 1 amide bonds. The lowest BCUT2D eigenvalue weighted by Crippen LogP contribution is -2.35. The third-order valence-corrected chi connectivity index (χ3v) is 4.21. The van der Waals surface area contributed by atoms with Crippen LogP contribution in [-0.2, 0) is 0 Å². The fourth-order valence-electron chi connectivity index (χ4n) is 2.62. The van der Waals surface area contributed by atoms with E-state index in [4.69, 9.17) is 5.11 Å². The first-order valence-corrected chi connectivity index (χ1v) is 9.91. The first kappa shape index (κ1) is 21.7. The van der Waals surface area contributed by atoms with Gasteiger partial charge in [0.2, 0.25) is 5.95 Å². The van der Waals surface area contributed by atoms with Crippen LogP contribution in [0.5, 0.6) is 0 Å². The highest BCUT2D eigenvalue weighted by molar-refractivity contribution is 5.94. The summed E-state index contributed by atoms with van der Waals surface area (Å²) in [6.07, 6.45) is 1.58. The minimum Gasteiger partial charge on any atom is -0.394 e. The molecule has 0 radical (unpaired) electrons. The highest BCUT2D eigenvalue weighted by atomic mass is 16.3. The summed E-state index contributed by atoms with van der Waals surface area (Å²) < 4.78 is 1.59. The summed E-state index contributed by atoms with van der Waals surface area (Å²) in [5.41, 5.74) is 2.11. The van der Waals surface area contributed by atoms with Crippen molar-refractivity contribution in [3.05, 3.63) is 103 Å². The molecular formula is C24H25N5O2. The van der Waals surface area contributed by atoms with E-state index in [9.17, 15) is 4.79 Å². The lowest BCUT2D eigenvalue weighted by molar-refractivity contribution is 0.0922. The van der Waals surface area contributed by atoms with Crippen LogP contribution in [0.2, 0.25) is 0 Å². The molecule has 3 aromatic carbocycles. The molecule has 31 heavy (non-hydrogen) atoms. The number of benzene rings is 3. The summed E-state index contributed by atoms with van der Waals surface area (Å²) in [5.74, 6) is 0.223. The average molecular weight is 415 g/mol. The van der Waals surface area contributed by atoms with Crippen LogP contribution in [0.3, 0.4) is 0 Å². The van der Waals surface area contributed by atoms with E-state index in [0.29, 0.717) is 11.5 Å². The van der Waals surface area contributed by atoms with Gasteiger partial charge in [0, 0.05) is 17.3 Å². The summed E-state index contributed by atoms with van der Waals surface area (Å²) in [4.78, 5) is 16.4. The van der Waals surface area contributed by atoms with Gasteiger partial charge in [0.15, 0.2) is 0 Å². The molecular weight excluding hydrogens is 390 g/mol. The number of nitrogens with one attached hydrogen (secondary N) is 2. The number of aromatic nitrogens is 3. The van der Waals surface area contributed by atoms with Gasteiger partial charge in [-0.3, -0.25) is 4.79 Å². The number of aliphatic hydroxyl groups is 1. The van der Waals surface area contributed by atoms with Crippen LogP contribution in [-0.4, -0.2) is 38.4 Å². The smallest absolute Gasteiger partial charge is 0.251 e. The van der Waals surface area contributed by atoms with Gasteiger partial charge in [0.25, 0.3) is 5.91 Å². The zero-order valence-corrected chi connectivity index (χ0v) is 17.2. The van der Waals surface area contributed by atoms with Gasteiger partial charge >= 0.3 is 0 Å². The standard InChI is InChI=1S/C18H19N5O2.C6H6/c1-13(11-24)20-17(25)14-6-5-9-16(10-14)23-12-19-18(22-23)21-15-7-3-2-4-8-15;1-2-4-6-5-3-1/h2-10,12-13,24H,11H2,1H3,(H,20,25)(H,21,22);1-6H. The average Bonchev–Trinajstić information content (AvgIpc) is 3.30. The number of carbonyl (C=O) groups is 1. The van der Waals surface area contributed by atoms with E-state index in [2.05, 4.69) is 20.7 Å². The van der Waals surface area contributed by atoms with Gasteiger partial charge in [-0.1, -0.05) is 60.7 Å². The fourth-order valence-corrected chi connectivity index (χ4v) is 2.62. The zero-order chi connectivity index (χ0) is 21.9. The summed E-state index contributed by atoms with van der Waals surface area (Å²) in [5, 5.41) is 19.2. The van der Waals surface area contributed by atoms with Crippen LogP contribution in [0.4, 0.5) is 11.6 Å². The van der Waals surface area contributed by atoms with Crippen molar-refractivity contribution in [2.45, 2.75) is 13.0 Å². The molecule has 0 aliphatic carbocycles. The van der Waals surface area contributed by atoms with Crippen LogP contribution in [0.15, 0.2) is 97.3 Å². The number of nitrogens with zero attached hydrogens (tertiary/aromatic N) is 3. The van der Waals surface area contributed by atoms with Crippen molar-refractivity contribution in [1.29, 1.82) is 0 Å². The topological polar surface area (TPSA) is 92.1 Å². The van der Waals surface area contributed by atoms with Gasteiger partial charge < -0.3 is 15.7 Å². The Morgan fingerprint density at radius 1 is 0.968 bits per heavy atom. The number of aliphatic hydroxyl groups excluding tert-OH is 1. The Morgan fingerprint density at radius 3 is 2.26 bits per heavy atom. The molecule has 0 spiro atoms. The molecule has 0 aliphatic heterocycles. The van der Waals surface area contributed by atoms with Crippen molar-refractivity contribution < 1.29 is 9.90 Å². The predicted octanol–water partition coefficient (Wildman–Crippen LogP) is 3.81. The van der Waals surface area contributed by atoms with Crippen molar-refractivity contribution in [2.24, 2.45) is 0 Å². The summed E-state index contributed by atoms with van der Waals surface area (Å²) in [7, 11) is 0. The van der Waals surface area contributed by atoms with E-state index in [1.807, 2.05) is 72.8 Å². The quantitative estimate of drug-likeness (QED) is 0.445. The summed E-state index contributed by atoms with van der Waals surface area (Å²) >= 11 is 0. The van der Waals surface area contributed by atoms with Crippen LogP contribution in [0, 0.1) is 0 Å². The highest BCUT2D eigenvalue weighted by Crippen LogP contribution is 2.14. The van der Waals surface area contributed by atoms with E-state index in [1.165, 1.54) is 0 Å². The summed E-state index contributed by atoms with van der Waals surface area (Å²) in [6.45, 7) is 1.63. The van der Waals surface area contributed by atoms with Gasteiger partial charge in [0.05, 0.1) is 12.3 Å². The molecule has 0 fully saturated rings. The molecule has 1 aromatic heterocycles. The van der Waals surface area contributed by atoms with Crippen LogP contribution >= 0.6 is 0 Å². The minimum atomic E-state index is -0.302. The van der Waals surface area contributed by atoms with Crippen LogP contribution < -0.4 is 10.6 Å². The molecule has 3 N–H and O–H groups in total. The Hall–Kier alpha value is -3.97. The van der Waals surface area contributed by atoms with Gasteiger partial charge in [0.1, 0.15) is 6.33 Å². The molecule has 0 saturated carbocycles. The first-order valence-electron chi connectivity index (χ1n) is 9.91. The molecule has 4 rings (SSSR count). The maximum atomic E-state index is 12.2. The van der Waals surface area contributed by atoms with E-state index in [-0.39, 0.29) is 18.6 Å². The largest absolute Gasteiger partial charge is 0.394 e. The zero-order valence-electron chi connectivity index (χ0n) is 17.2. The van der Waals surface area contributed by atoms with Crippen LogP contribution in [0.1, 0.15) is 17.3 Å². The Kier molecular flexibility index (Phi) is 7.90. The maximum Gasteiger partial charge on any atom is 0.251 e. The number of para-hydroxylation sites is 1. The second-order valence-electron chi connectivity index (χ2n) is 6.77. The van der Waals surface area contributed by atoms with Gasteiger partial charge in [-0.05, 0) is 37.3 Å². The highest BCUT2D eigenvalue weighted by Gasteiger charge is 2.11. The van der Waals surface area contributed by atoms with E-state index in [1.54, 1.807) is 36.1 Å². The maximum absolute atomic E-state index is 12.2. The van der Waals surface area contributed by atoms with Crippen molar-refractivity contribution >= 4 is 17.5 Å². The van der Waals surface area contributed by atoms with Crippen molar-refractivity contribution in [3.63, 3.8) is 0 Å². The number of hydrogen-bond donors (Lipinski definition) is 3. The molecule has 0 bridgehead atoms. The molecule has 0 saturated heterocycles. The molecule has 7 heteroatoms. The normalized spacial score (nSPS) is 11.0. The van der Waals surface area contributed by atoms with Gasteiger partial charge in [-0.2, -0.15) is 4.98 Å². The van der Waals surface area contributed by atoms with E-state index < -0.39 is 0 Å². The fraction of sp³-hybridized carbons (Fsp3) is 0.125. The lowest BCUT2D eigenvalue weighted by Gasteiger charge is -2.11. The number of rotatable bonds is 6. The minimum absolute atomic E-state index is 0.108. The Labute approximate surface area is 181 Å². The monoisotopic (exact) mass is 415 g/mol. The third kappa shape index (κ3) is 6.80. The Balaban J connectivity index is 0.000000391. The Bertz CT molecular complexity index is 1040. The van der Waals surface area contributed by atoms with Crippen molar-refractivity contribution in [1.82, 2.24) is 20.1 Å². The predicted molar refractivity (Wildman–Crippen MR) is 122 cm³/mol. The number of carbonyl (C=O) groups excluding carboxylic acids is 1. The second kappa shape index (κ2) is 11.3. The molecule has 7 nitrogen and oxygen atoms in total. The molecule has 1 atom stereocenters. The summed E-state index contributed by atoms with van der Waals surface area (Å²) in [6, 6.07) is 28.4. The van der Waals surface area contributed by atoms with Crippen LogP contribution in [0.25, 0.3) is 5.69 Å². The molecule has 0 aliphatic rings. The molecule has 1 unspecified atom stereocenters.